The Balaban J connectivity index is 1.79. The van der Waals surface area contributed by atoms with Gasteiger partial charge in [-0.2, -0.15) is 10.4 Å². The maximum absolute atomic E-state index is 12.3. The summed E-state index contributed by atoms with van der Waals surface area (Å²) < 4.78 is 38.5. The molecule has 30 heavy (non-hydrogen) atoms. The summed E-state index contributed by atoms with van der Waals surface area (Å²) in [6.07, 6.45) is 0. The van der Waals surface area contributed by atoms with E-state index in [0.29, 0.717) is 23.7 Å². The van der Waals surface area contributed by atoms with E-state index in [9.17, 15) is 13.7 Å². The molecule has 10 heteroatoms. The molecular formula is C20H23N5O4S. The third kappa shape index (κ3) is 3.20. The van der Waals surface area contributed by atoms with Crippen molar-refractivity contribution in [1.29, 1.82) is 5.26 Å². The Morgan fingerprint density at radius 3 is 2.60 bits per heavy atom. The van der Waals surface area contributed by atoms with Gasteiger partial charge in [-0.25, -0.2) is 13.1 Å². The number of ether oxygens (including phenoxy) is 2. The average Bonchev–Trinajstić information content (AvgIpc) is 3.03. The van der Waals surface area contributed by atoms with Gasteiger partial charge in [0.25, 0.3) is 10.0 Å². The third-order valence-electron chi connectivity index (χ3n) is 5.27. The van der Waals surface area contributed by atoms with Gasteiger partial charge in [-0.1, -0.05) is 12.1 Å². The Morgan fingerprint density at radius 2 is 2.00 bits per heavy atom. The van der Waals surface area contributed by atoms with Crippen LogP contribution in [0.5, 0.6) is 5.88 Å². The minimum absolute atomic E-state index is 0.0524. The lowest BCUT2D eigenvalue weighted by molar-refractivity contribution is 0.175. The highest BCUT2D eigenvalue weighted by Crippen LogP contribution is 2.44. The first-order valence-corrected chi connectivity index (χ1v) is 11.2. The van der Waals surface area contributed by atoms with E-state index in [1.165, 1.54) is 4.31 Å². The van der Waals surface area contributed by atoms with Gasteiger partial charge in [0, 0.05) is 0 Å². The highest BCUT2D eigenvalue weighted by Gasteiger charge is 2.36. The lowest BCUT2D eigenvalue weighted by Gasteiger charge is -2.29. The number of benzene rings is 1. The predicted octanol–water partition coefficient (Wildman–Crippen LogP) is 2.11. The van der Waals surface area contributed by atoms with Crippen LogP contribution in [-0.2, 0) is 14.8 Å². The molecule has 1 fully saturated rings. The van der Waals surface area contributed by atoms with E-state index in [1.807, 2.05) is 32.9 Å². The maximum atomic E-state index is 12.3. The number of anilines is 1. The number of sulfonamides is 1. The molecule has 2 aliphatic rings. The van der Waals surface area contributed by atoms with Crippen LogP contribution < -0.4 is 14.8 Å². The minimum Gasteiger partial charge on any atom is -0.422 e. The van der Waals surface area contributed by atoms with Crippen LogP contribution in [-0.4, -0.2) is 37.3 Å². The Kier molecular flexibility index (Phi) is 4.95. The quantitative estimate of drug-likeness (QED) is 0.792. The summed E-state index contributed by atoms with van der Waals surface area (Å²) in [6, 6.07) is 9.33. The van der Waals surface area contributed by atoms with Gasteiger partial charge in [0.15, 0.2) is 5.94 Å². The summed E-state index contributed by atoms with van der Waals surface area (Å²) in [5, 5.41) is 14.3. The van der Waals surface area contributed by atoms with E-state index in [4.69, 9.17) is 15.2 Å². The summed E-state index contributed by atoms with van der Waals surface area (Å²) in [5.41, 5.74) is 9.30. The number of aromatic nitrogens is 2. The third-order valence-corrected chi connectivity index (χ3v) is 6.80. The zero-order chi connectivity index (χ0) is 21.6. The van der Waals surface area contributed by atoms with Crippen molar-refractivity contribution in [1.82, 2.24) is 9.78 Å². The van der Waals surface area contributed by atoms with Crippen molar-refractivity contribution in [3.8, 4) is 11.9 Å². The van der Waals surface area contributed by atoms with Crippen LogP contribution >= 0.6 is 0 Å². The molecule has 1 atom stereocenters. The fourth-order valence-electron chi connectivity index (χ4n) is 3.86. The van der Waals surface area contributed by atoms with Gasteiger partial charge in [-0.15, -0.1) is 0 Å². The number of nitrogens with zero attached hydrogens (tertiary/aromatic N) is 4. The molecule has 3 heterocycles. The predicted molar refractivity (Wildman–Crippen MR) is 110 cm³/mol. The molecular weight excluding hydrogens is 406 g/mol. The van der Waals surface area contributed by atoms with Crippen LogP contribution in [0.2, 0.25) is 0 Å². The van der Waals surface area contributed by atoms with Crippen LogP contribution in [0.4, 0.5) is 5.69 Å². The first-order valence-electron chi connectivity index (χ1n) is 9.59. The average molecular weight is 430 g/mol. The number of nitriles is 1. The molecule has 0 amide bonds. The van der Waals surface area contributed by atoms with Gasteiger partial charge >= 0.3 is 0 Å². The molecule has 1 aromatic carbocycles. The van der Waals surface area contributed by atoms with Crippen LogP contribution in [0.1, 0.15) is 42.6 Å². The van der Waals surface area contributed by atoms with Crippen molar-refractivity contribution in [2.24, 2.45) is 5.73 Å². The van der Waals surface area contributed by atoms with Crippen molar-refractivity contribution in [3.63, 3.8) is 0 Å². The molecule has 9 nitrogen and oxygen atoms in total. The van der Waals surface area contributed by atoms with E-state index >= 15 is 0 Å². The number of nitrogens with two attached hydrogens (primary N) is 1. The van der Waals surface area contributed by atoms with Gasteiger partial charge in [-0.05, 0) is 38.5 Å². The second kappa shape index (κ2) is 7.34. The second-order valence-electron chi connectivity index (χ2n) is 7.57. The lowest BCUT2D eigenvalue weighted by Crippen LogP contribution is -2.41. The summed E-state index contributed by atoms with van der Waals surface area (Å²) in [4.78, 5) is 0. The summed E-state index contributed by atoms with van der Waals surface area (Å²) in [5.74, 6) is -0.189. The molecule has 1 unspecified atom stereocenters. The lowest BCUT2D eigenvalue weighted by atomic mass is 9.84. The van der Waals surface area contributed by atoms with Gasteiger partial charge in [-0.3, -0.25) is 4.31 Å². The van der Waals surface area contributed by atoms with E-state index in [0.717, 1.165) is 16.8 Å². The molecule has 0 saturated carbocycles. The molecule has 0 radical (unpaired) electrons. The Labute approximate surface area is 175 Å². The zero-order valence-corrected chi connectivity index (χ0v) is 17.8. The number of allylic oxidation sites excluding steroid dienone is 1. The van der Waals surface area contributed by atoms with Crippen LogP contribution in [0.3, 0.4) is 0 Å². The van der Waals surface area contributed by atoms with Gasteiger partial charge in [0.05, 0.1) is 42.1 Å². The topological polar surface area (TPSA) is 123 Å². The van der Waals surface area contributed by atoms with Crippen LogP contribution in [0.15, 0.2) is 35.7 Å². The normalized spacial score (nSPS) is 20.6. The van der Waals surface area contributed by atoms with Crippen molar-refractivity contribution in [3.05, 3.63) is 52.5 Å². The van der Waals surface area contributed by atoms with Gasteiger partial charge < -0.3 is 15.2 Å². The van der Waals surface area contributed by atoms with E-state index in [2.05, 4.69) is 11.2 Å². The number of rotatable bonds is 3. The van der Waals surface area contributed by atoms with Crippen molar-refractivity contribution in [2.45, 2.75) is 32.7 Å². The van der Waals surface area contributed by atoms with E-state index in [-0.39, 0.29) is 24.4 Å². The number of fused-ring (bicyclic) bond motifs is 1. The monoisotopic (exact) mass is 429 g/mol. The molecule has 1 saturated heterocycles. The Morgan fingerprint density at radius 1 is 1.30 bits per heavy atom. The first-order chi connectivity index (χ1) is 14.2. The molecule has 0 bridgehead atoms. The molecule has 0 spiro atoms. The standard InChI is InChI=1S/C20H23N5O4S/c1-12(2)25-20-17(13(3)23-25)18(16(10-21)19(22)29-20)14-4-6-15(7-5-14)24-8-9-28-11-30(24,26)27/h4-7,12,18H,8-9,11,22H2,1-3H3. The van der Waals surface area contributed by atoms with Crippen molar-refractivity contribution < 1.29 is 17.9 Å². The fraction of sp³-hybridized carbons (Fsp3) is 0.400. The zero-order valence-electron chi connectivity index (χ0n) is 17.0. The second-order valence-corrected chi connectivity index (χ2v) is 9.41. The van der Waals surface area contributed by atoms with E-state index in [1.54, 1.807) is 16.8 Å². The smallest absolute Gasteiger partial charge is 0.259 e. The van der Waals surface area contributed by atoms with Crippen molar-refractivity contribution >= 4 is 15.7 Å². The highest BCUT2D eigenvalue weighted by atomic mass is 32.2. The summed E-state index contributed by atoms with van der Waals surface area (Å²) in [6.45, 7) is 6.46. The molecule has 0 aliphatic carbocycles. The SMILES string of the molecule is Cc1nn(C(C)C)c2c1C(c1ccc(N3CCOCS3(=O)=O)cc1)C(C#N)=C(N)O2. The van der Waals surface area contributed by atoms with Gasteiger partial charge in [0.2, 0.25) is 11.8 Å². The Hall–Kier alpha value is -3.03. The molecule has 2 N–H and O–H groups in total. The minimum atomic E-state index is -3.50. The van der Waals surface area contributed by atoms with Crippen molar-refractivity contribution in [2.75, 3.05) is 23.4 Å². The van der Waals surface area contributed by atoms with Gasteiger partial charge in [0.1, 0.15) is 11.6 Å². The van der Waals surface area contributed by atoms with Crippen LogP contribution in [0, 0.1) is 18.3 Å². The van der Waals surface area contributed by atoms with E-state index < -0.39 is 15.9 Å². The number of hydrogen-bond donors (Lipinski definition) is 1. The molecule has 2 aliphatic heterocycles. The molecule has 158 valence electrons. The Bertz CT molecular complexity index is 1160. The fourth-order valence-corrected chi connectivity index (χ4v) is 5.11. The molecule has 2 aromatic rings. The number of hydrogen-bond acceptors (Lipinski definition) is 7. The summed E-state index contributed by atoms with van der Waals surface area (Å²) in [7, 11) is -3.50. The summed E-state index contributed by atoms with van der Waals surface area (Å²) >= 11 is 0. The molecule has 1 aromatic heterocycles. The highest BCUT2D eigenvalue weighted by molar-refractivity contribution is 7.92. The number of aryl methyl sites for hydroxylation is 1. The van der Waals surface area contributed by atoms with Crippen LogP contribution in [0.25, 0.3) is 0 Å². The molecule has 4 rings (SSSR count). The maximum Gasteiger partial charge on any atom is 0.259 e. The first kappa shape index (κ1) is 20.3. The largest absolute Gasteiger partial charge is 0.422 e.